The second kappa shape index (κ2) is 6.17. The van der Waals surface area contributed by atoms with Gasteiger partial charge in [0.25, 0.3) is 5.91 Å². The van der Waals surface area contributed by atoms with Gasteiger partial charge in [-0.25, -0.2) is 0 Å². The van der Waals surface area contributed by atoms with Gasteiger partial charge in [0.15, 0.2) is 0 Å². The van der Waals surface area contributed by atoms with Crippen molar-refractivity contribution in [3.05, 3.63) is 17.5 Å². The topological polar surface area (TPSA) is 89.6 Å². The maximum absolute atomic E-state index is 12.7. The van der Waals surface area contributed by atoms with Crippen LogP contribution in [0.5, 0.6) is 0 Å². The molecule has 0 aromatic carbocycles. The quantitative estimate of drug-likeness (QED) is 0.796. The Morgan fingerprint density at radius 1 is 1.32 bits per heavy atom. The number of aromatic nitrogens is 2. The van der Waals surface area contributed by atoms with Gasteiger partial charge in [-0.2, -0.15) is 5.10 Å². The second-order valence-electron chi connectivity index (χ2n) is 5.62. The van der Waals surface area contributed by atoms with Crippen molar-refractivity contribution in [2.75, 3.05) is 33.7 Å². The summed E-state index contributed by atoms with van der Waals surface area (Å²) in [5.74, 6) is -0.529. The fraction of sp³-hybridized carbons (Fsp3) is 0.571. The molecule has 0 radical (unpaired) electrons. The summed E-state index contributed by atoms with van der Waals surface area (Å²) in [6, 6.07) is -0.672. The van der Waals surface area contributed by atoms with Crippen LogP contribution in [0.1, 0.15) is 23.0 Å². The monoisotopic (exact) mass is 307 g/mol. The number of carbonyl (C=O) groups is 3. The predicted molar refractivity (Wildman–Crippen MR) is 79.1 cm³/mol. The van der Waals surface area contributed by atoms with Crippen LogP contribution in [-0.4, -0.2) is 82.4 Å². The third kappa shape index (κ3) is 2.95. The summed E-state index contributed by atoms with van der Waals surface area (Å²) in [6.07, 6.45) is 1.46. The highest BCUT2D eigenvalue weighted by Crippen LogP contribution is 2.17. The van der Waals surface area contributed by atoms with E-state index in [1.807, 2.05) is 0 Å². The van der Waals surface area contributed by atoms with E-state index in [0.29, 0.717) is 24.3 Å². The van der Waals surface area contributed by atoms with Crippen molar-refractivity contribution in [2.24, 2.45) is 0 Å². The van der Waals surface area contributed by atoms with Crippen LogP contribution in [0, 0.1) is 6.92 Å². The standard InChI is InChI=1S/C14H21N5O3/c1-9-11(7-15-16-9)13(21)19-6-5-18(10(2)20)8-12(19)14(22)17(3)4/h7,12H,5-6,8H2,1-4H3,(H,15,16). The Kier molecular flexibility index (Phi) is 4.48. The third-order valence-electron chi connectivity index (χ3n) is 3.87. The summed E-state index contributed by atoms with van der Waals surface area (Å²) in [7, 11) is 3.28. The van der Waals surface area contributed by atoms with Gasteiger partial charge in [-0.1, -0.05) is 0 Å². The zero-order chi connectivity index (χ0) is 16.4. The largest absolute Gasteiger partial charge is 0.347 e. The van der Waals surface area contributed by atoms with Gasteiger partial charge in [0.1, 0.15) is 6.04 Å². The highest BCUT2D eigenvalue weighted by atomic mass is 16.2. The number of aryl methyl sites for hydroxylation is 1. The van der Waals surface area contributed by atoms with E-state index in [9.17, 15) is 14.4 Å². The molecule has 0 bridgehead atoms. The average Bonchev–Trinajstić information content (AvgIpc) is 2.91. The molecule has 2 heterocycles. The molecule has 8 nitrogen and oxygen atoms in total. The molecule has 0 spiro atoms. The van der Waals surface area contributed by atoms with Crippen molar-refractivity contribution in [1.82, 2.24) is 24.9 Å². The molecule has 1 aromatic heterocycles. The van der Waals surface area contributed by atoms with Crippen molar-refractivity contribution < 1.29 is 14.4 Å². The van der Waals surface area contributed by atoms with Gasteiger partial charge in [-0.3, -0.25) is 19.5 Å². The van der Waals surface area contributed by atoms with Gasteiger partial charge in [0, 0.05) is 39.8 Å². The van der Waals surface area contributed by atoms with Crippen LogP contribution in [0.4, 0.5) is 0 Å². The first kappa shape index (κ1) is 16.0. The average molecular weight is 307 g/mol. The van der Waals surface area contributed by atoms with Crippen LogP contribution in [0.3, 0.4) is 0 Å². The molecule has 0 aliphatic carbocycles. The molecule has 120 valence electrons. The fourth-order valence-corrected chi connectivity index (χ4v) is 2.54. The lowest BCUT2D eigenvalue weighted by molar-refractivity contribution is -0.139. The highest BCUT2D eigenvalue weighted by Gasteiger charge is 2.37. The first-order chi connectivity index (χ1) is 10.3. The molecule has 22 heavy (non-hydrogen) atoms. The number of piperazine rings is 1. The normalized spacial score (nSPS) is 18.3. The number of nitrogens with one attached hydrogen (secondary N) is 1. The molecular weight excluding hydrogens is 286 g/mol. The maximum atomic E-state index is 12.7. The molecule has 1 aliphatic rings. The Labute approximate surface area is 129 Å². The van der Waals surface area contributed by atoms with Gasteiger partial charge >= 0.3 is 0 Å². The summed E-state index contributed by atoms with van der Waals surface area (Å²) in [5.41, 5.74) is 1.11. The molecular formula is C14H21N5O3. The van der Waals surface area contributed by atoms with Crippen LogP contribution >= 0.6 is 0 Å². The van der Waals surface area contributed by atoms with Crippen LogP contribution < -0.4 is 0 Å². The van der Waals surface area contributed by atoms with E-state index in [2.05, 4.69) is 10.2 Å². The van der Waals surface area contributed by atoms with E-state index in [0.717, 1.165) is 0 Å². The second-order valence-corrected chi connectivity index (χ2v) is 5.62. The molecule has 8 heteroatoms. The highest BCUT2D eigenvalue weighted by molar-refractivity contribution is 5.98. The smallest absolute Gasteiger partial charge is 0.258 e. The number of likely N-dealkylation sites (N-methyl/N-ethyl adjacent to an activating group) is 1. The van der Waals surface area contributed by atoms with Crippen LogP contribution in [0.2, 0.25) is 0 Å². The SMILES string of the molecule is CC(=O)N1CCN(C(=O)c2cn[nH]c2C)C(C(=O)N(C)C)C1. The molecule has 1 unspecified atom stereocenters. The number of hydrogen-bond acceptors (Lipinski definition) is 4. The summed E-state index contributed by atoms with van der Waals surface area (Å²) >= 11 is 0. The lowest BCUT2D eigenvalue weighted by Crippen LogP contribution is -2.61. The number of aromatic amines is 1. The van der Waals surface area contributed by atoms with E-state index in [4.69, 9.17) is 0 Å². The molecule has 1 fully saturated rings. The van der Waals surface area contributed by atoms with E-state index >= 15 is 0 Å². The Morgan fingerprint density at radius 2 is 2.00 bits per heavy atom. The third-order valence-corrected chi connectivity index (χ3v) is 3.87. The number of rotatable bonds is 2. The number of amides is 3. The van der Waals surface area contributed by atoms with E-state index in [1.54, 1.807) is 25.9 Å². The first-order valence-electron chi connectivity index (χ1n) is 7.10. The lowest BCUT2D eigenvalue weighted by Gasteiger charge is -2.41. The van der Waals surface area contributed by atoms with Gasteiger partial charge < -0.3 is 14.7 Å². The Balaban J connectivity index is 2.28. The van der Waals surface area contributed by atoms with Gasteiger partial charge in [0.2, 0.25) is 11.8 Å². The molecule has 0 saturated carbocycles. The Morgan fingerprint density at radius 3 is 2.50 bits per heavy atom. The van der Waals surface area contributed by atoms with Gasteiger partial charge in [0.05, 0.1) is 18.3 Å². The number of hydrogen-bond donors (Lipinski definition) is 1. The maximum Gasteiger partial charge on any atom is 0.258 e. The number of carbonyl (C=O) groups excluding carboxylic acids is 3. The number of nitrogens with zero attached hydrogens (tertiary/aromatic N) is 4. The Bertz CT molecular complexity index is 595. The zero-order valence-electron chi connectivity index (χ0n) is 13.3. The minimum atomic E-state index is -0.672. The van der Waals surface area contributed by atoms with Crippen LogP contribution in [0.25, 0.3) is 0 Å². The van der Waals surface area contributed by atoms with Crippen molar-refractivity contribution >= 4 is 17.7 Å². The minimum Gasteiger partial charge on any atom is -0.347 e. The molecule has 1 atom stereocenters. The van der Waals surface area contributed by atoms with Gasteiger partial charge in [-0.15, -0.1) is 0 Å². The van der Waals surface area contributed by atoms with Crippen molar-refractivity contribution in [3.63, 3.8) is 0 Å². The minimum absolute atomic E-state index is 0.0943. The molecule has 1 aromatic rings. The summed E-state index contributed by atoms with van der Waals surface area (Å²) in [5, 5.41) is 6.58. The molecule has 1 N–H and O–H groups in total. The molecule has 3 amide bonds. The molecule has 1 aliphatic heterocycles. The van der Waals surface area contributed by atoms with E-state index < -0.39 is 6.04 Å². The fourth-order valence-electron chi connectivity index (χ4n) is 2.54. The molecule has 1 saturated heterocycles. The van der Waals surface area contributed by atoms with E-state index in [-0.39, 0.29) is 24.3 Å². The summed E-state index contributed by atoms with van der Waals surface area (Å²) in [6.45, 7) is 4.20. The Hall–Kier alpha value is -2.38. The summed E-state index contributed by atoms with van der Waals surface area (Å²) in [4.78, 5) is 41.2. The number of H-pyrrole nitrogens is 1. The van der Waals surface area contributed by atoms with Crippen molar-refractivity contribution in [3.8, 4) is 0 Å². The van der Waals surface area contributed by atoms with Crippen molar-refractivity contribution in [2.45, 2.75) is 19.9 Å². The molecule has 2 rings (SSSR count). The van der Waals surface area contributed by atoms with Crippen LogP contribution in [-0.2, 0) is 9.59 Å². The predicted octanol–water partition coefficient (Wildman–Crippen LogP) is -0.521. The van der Waals surface area contributed by atoms with Gasteiger partial charge in [-0.05, 0) is 6.92 Å². The zero-order valence-corrected chi connectivity index (χ0v) is 13.3. The first-order valence-corrected chi connectivity index (χ1v) is 7.10. The van der Waals surface area contributed by atoms with E-state index in [1.165, 1.54) is 22.9 Å². The van der Waals surface area contributed by atoms with Crippen LogP contribution in [0.15, 0.2) is 6.20 Å². The van der Waals surface area contributed by atoms with Crippen molar-refractivity contribution in [1.29, 1.82) is 0 Å². The lowest BCUT2D eigenvalue weighted by atomic mass is 10.1. The summed E-state index contributed by atoms with van der Waals surface area (Å²) < 4.78 is 0.